The smallest absolute Gasteiger partial charge is 0.261 e. The fourth-order valence-corrected chi connectivity index (χ4v) is 5.19. The lowest BCUT2D eigenvalue weighted by atomic mass is 9.93. The van der Waals surface area contributed by atoms with Crippen LogP contribution in [0.1, 0.15) is 37.7 Å². The quantitative estimate of drug-likeness (QED) is 0.576. The van der Waals surface area contributed by atoms with Crippen molar-refractivity contribution < 1.29 is 14.3 Å². The third-order valence-corrected chi connectivity index (χ3v) is 6.48. The van der Waals surface area contributed by atoms with Crippen molar-refractivity contribution in [3.05, 3.63) is 40.8 Å². The summed E-state index contributed by atoms with van der Waals surface area (Å²) in [5.74, 6) is -0.103. The summed E-state index contributed by atoms with van der Waals surface area (Å²) < 4.78 is 5.01. The lowest BCUT2D eigenvalue weighted by Gasteiger charge is -2.43. The van der Waals surface area contributed by atoms with Crippen LogP contribution in [0.5, 0.6) is 0 Å². The van der Waals surface area contributed by atoms with Crippen LogP contribution in [0.15, 0.2) is 35.2 Å². The molecule has 1 aromatic rings. The Hall–Kier alpha value is -1.79. The van der Waals surface area contributed by atoms with E-state index in [4.69, 9.17) is 4.74 Å². The topological polar surface area (TPSA) is 58.6 Å². The third kappa shape index (κ3) is 5.36. The molecule has 1 aliphatic carbocycles. The van der Waals surface area contributed by atoms with E-state index in [9.17, 15) is 9.59 Å². The molecule has 6 heteroatoms. The Balaban J connectivity index is 1.72. The van der Waals surface area contributed by atoms with Gasteiger partial charge in [0, 0.05) is 31.6 Å². The number of methoxy groups -OCH3 is 1. The first-order chi connectivity index (χ1) is 13.2. The number of carbonyl (C=O) groups excluding carboxylic acids is 2. The van der Waals surface area contributed by atoms with Gasteiger partial charge in [0.05, 0.1) is 4.91 Å². The number of hydrogen-bond acceptors (Lipinski definition) is 4. The van der Waals surface area contributed by atoms with Gasteiger partial charge in [0.15, 0.2) is 0 Å². The highest BCUT2D eigenvalue weighted by molar-refractivity contribution is 8.04. The van der Waals surface area contributed by atoms with Gasteiger partial charge in [0.2, 0.25) is 5.91 Å². The number of rotatable bonds is 7. The Morgan fingerprint density at radius 1 is 1.30 bits per heavy atom. The molecule has 2 aliphatic rings. The summed E-state index contributed by atoms with van der Waals surface area (Å²) in [6.45, 7) is 1.33. The molecule has 2 unspecified atom stereocenters. The van der Waals surface area contributed by atoms with Gasteiger partial charge in [-0.3, -0.25) is 9.59 Å². The summed E-state index contributed by atoms with van der Waals surface area (Å²) in [6, 6.07) is 10.1. The second-order valence-corrected chi connectivity index (χ2v) is 8.34. The average molecular weight is 389 g/mol. The van der Waals surface area contributed by atoms with E-state index in [2.05, 4.69) is 5.32 Å². The Labute approximate surface area is 165 Å². The molecule has 2 fully saturated rings. The van der Waals surface area contributed by atoms with E-state index in [1.165, 1.54) is 6.42 Å². The van der Waals surface area contributed by atoms with Crippen molar-refractivity contribution in [2.75, 3.05) is 26.8 Å². The van der Waals surface area contributed by atoms with Crippen molar-refractivity contribution in [3.8, 4) is 0 Å². The number of nitrogens with zero attached hydrogens (tertiary/aromatic N) is 1. The molecular weight excluding hydrogens is 360 g/mol. The lowest BCUT2D eigenvalue weighted by Crippen LogP contribution is -2.54. The van der Waals surface area contributed by atoms with E-state index < -0.39 is 0 Å². The van der Waals surface area contributed by atoms with E-state index in [1.807, 2.05) is 36.4 Å². The molecule has 2 atom stereocenters. The number of nitrogens with one attached hydrogen (secondary N) is 1. The van der Waals surface area contributed by atoms with Gasteiger partial charge in [-0.05, 0) is 30.9 Å². The molecule has 1 saturated carbocycles. The van der Waals surface area contributed by atoms with Gasteiger partial charge in [0.25, 0.3) is 5.91 Å². The molecule has 5 nitrogen and oxygen atoms in total. The summed E-state index contributed by atoms with van der Waals surface area (Å²) in [4.78, 5) is 28.1. The molecule has 1 heterocycles. The molecule has 146 valence electrons. The second kappa shape index (κ2) is 9.95. The molecule has 0 bridgehead atoms. The van der Waals surface area contributed by atoms with Gasteiger partial charge >= 0.3 is 0 Å². The van der Waals surface area contributed by atoms with Crippen LogP contribution in [0.25, 0.3) is 6.08 Å². The van der Waals surface area contributed by atoms with E-state index in [0.29, 0.717) is 18.4 Å². The maximum Gasteiger partial charge on any atom is 0.261 e. The Morgan fingerprint density at radius 3 is 2.85 bits per heavy atom. The van der Waals surface area contributed by atoms with Crippen molar-refractivity contribution in [3.63, 3.8) is 0 Å². The normalized spacial score (nSPS) is 24.0. The summed E-state index contributed by atoms with van der Waals surface area (Å²) >= 11 is 1.70. The third-order valence-electron chi connectivity index (χ3n) is 5.08. The molecule has 0 aromatic heterocycles. The van der Waals surface area contributed by atoms with Crippen LogP contribution in [-0.4, -0.2) is 54.8 Å². The molecule has 3 rings (SSSR count). The second-order valence-electron chi connectivity index (χ2n) is 7.06. The first-order valence-electron chi connectivity index (χ1n) is 9.69. The number of hydrogen-bond donors (Lipinski definition) is 1. The van der Waals surface area contributed by atoms with Crippen LogP contribution in [0.3, 0.4) is 0 Å². The fraction of sp³-hybridized carbons (Fsp3) is 0.524. The summed E-state index contributed by atoms with van der Waals surface area (Å²) in [6.07, 6.45) is 7.13. The van der Waals surface area contributed by atoms with Crippen LogP contribution in [0.2, 0.25) is 0 Å². The van der Waals surface area contributed by atoms with E-state index in [-0.39, 0.29) is 24.4 Å². The standard InChI is InChI=1S/C21H28N2O3S/c1-26-13-7-12-22-20(24)15-23-17-10-5-6-11-18(17)27-19(21(23)25)14-16-8-3-2-4-9-16/h2-4,8-9,14,17-18H,5-7,10-13,15H2,1H3,(H,22,24)/b19-14-. The van der Waals surface area contributed by atoms with Crippen molar-refractivity contribution in [1.29, 1.82) is 0 Å². The van der Waals surface area contributed by atoms with Crippen LogP contribution in [-0.2, 0) is 14.3 Å². The lowest BCUT2D eigenvalue weighted by molar-refractivity contribution is -0.135. The summed E-state index contributed by atoms with van der Waals surface area (Å²) in [5, 5.41) is 3.29. The Bertz CT molecular complexity index is 677. The molecule has 27 heavy (non-hydrogen) atoms. The number of carbonyl (C=O) groups is 2. The van der Waals surface area contributed by atoms with Crippen molar-refractivity contribution in [2.45, 2.75) is 43.4 Å². The SMILES string of the molecule is COCCCNC(=O)CN1C(=O)/C(=C/c2ccccc2)SC2CCCCC21. The number of benzene rings is 1. The molecule has 0 spiro atoms. The monoisotopic (exact) mass is 388 g/mol. The first-order valence-corrected chi connectivity index (χ1v) is 10.6. The number of amides is 2. The average Bonchev–Trinajstić information content (AvgIpc) is 2.69. The first kappa shape index (κ1) is 20.0. The van der Waals surface area contributed by atoms with E-state index in [1.54, 1.807) is 23.8 Å². The van der Waals surface area contributed by atoms with Crippen LogP contribution in [0, 0.1) is 0 Å². The van der Waals surface area contributed by atoms with Gasteiger partial charge in [-0.2, -0.15) is 0 Å². The highest BCUT2D eigenvalue weighted by Gasteiger charge is 2.41. The fourth-order valence-electron chi connectivity index (χ4n) is 3.72. The van der Waals surface area contributed by atoms with Gasteiger partial charge < -0.3 is 15.0 Å². The predicted octanol–water partition coefficient (Wildman–Crippen LogP) is 3.07. The summed E-state index contributed by atoms with van der Waals surface area (Å²) in [5.41, 5.74) is 1.02. The van der Waals surface area contributed by atoms with Gasteiger partial charge in [0.1, 0.15) is 6.54 Å². The largest absolute Gasteiger partial charge is 0.385 e. The van der Waals surface area contributed by atoms with Crippen molar-refractivity contribution >= 4 is 29.7 Å². The molecule has 1 aromatic carbocycles. The highest BCUT2D eigenvalue weighted by Crippen LogP contribution is 2.42. The molecule has 2 amide bonds. The Morgan fingerprint density at radius 2 is 2.07 bits per heavy atom. The molecule has 0 radical (unpaired) electrons. The molecule has 1 aliphatic heterocycles. The highest BCUT2D eigenvalue weighted by atomic mass is 32.2. The number of ether oxygens (including phenoxy) is 1. The van der Waals surface area contributed by atoms with Gasteiger partial charge in [-0.1, -0.05) is 43.2 Å². The minimum absolute atomic E-state index is 0.0148. The molecule has 1 saturated heterocycles. The zero-order valence-corrected chi connectivity index (χ0v) is 16.7. The predicted molar refractivity (Wildman–Crippen MR) is 109 cm³/mol. The Kier molecular flexibility index (Phi) is 7.35. The van der Waals surface area contributed by atoms with Crippen LogP contribution < -0.4 is 5.32 Å². The zero-order valence-electron chi connectivity index (χ0n) is 15.9. The van der Waals surface area contributed by atoms with Gasteiger partial charge in [-0.25, -0.2) is 0 Å². The summed E-state index contributed by atoms with van der Waals surface area (Å²) in [7, 11) is 1.65. The van der Waals surface area contributed by atoms with E-state index >= 15 is 0 Å². The van der Waals surface area contributed by atoms with Crippen molar-refractivity contribution in [1.82, 2.24) is 10.2 Å². The van der Waals surface area contributed by atoms with Crippen molar-refractivity contribution in [2.24, 2.45) is 0 Å². The minimum atomic E-state index is -0.0882. The maximum absolute atomic E-state index is 13.1. The van der Waals surface area contributed by atoms with Crippen LogP contribution in [0.4, 0.5) is 0 Å². The van der Waals surface area contributed by atoms with E-state index in [0.717, 1.165) is 36.2 Å². The van der Waals surface area contributed by atoms with Gasteiger partial charge in [-0.15, -0.1) is 11.8 Å². The zero-order chi connectivity index (χ0) is 19.1. The molecule has 1 N–H and O–H groups in total. The number of thioether (sulfide) groups is 1. The maximum atomic E-state index is 13.1. The van der Waals surface area contributed by atoms with Crippen LogP contribution >= 0.6 is 11.8 Å². The minimum Gasteiger partial charge on any atom is -0.385 e. The number of fused-ring (bicyclic) bond motifs is 1. The molecular formula is C21H28N2O3S.